The van der Waals surface area contributed by atoms with E-state index < -0.39 is 7.60 Å². The average Bonchev–Trinajstić information content (AvgIpc) is 2.51. The Hall–Kier alpha value is -1.85. The van der Waals surface area contributed by atoms with Crippen molar-refractivity contribution in [3.05, 3.63) is 54.1 Å². The number of aliphatic hydroxyl groups is 1. The summed E-state index contributed by atoms with van der Waals surface area (Å²) < 4.78 is 27.2. The molecule has 0 aliphatic heterocycles. The topological polar surface area (TPSA) is 85.2 Å². The highest BCUT2D eigenvalue weighted by Gasteiger charge is 2.18. The summed E-state index contributed by atoms with van der Waals surface area (Å²) in [5.74, 6) is 1.77. The lowest BCUT2D eigenvalue weighted by Gasteiger charge is -2.11. The molecule has 0 saturated carbocycles. The maximum atomic E-state index is 11.7. The zero-order chi connectivity index (χ0) is 16.7. The van der Waals surface area contributed by atoms with Crippen LogP contribution < -0.4 is 9.47 Å². The molecule has 1 unspecified atom stereocenters. The second kappa shape index (κ2) is 8.13. The molecule has 0 heterocycles. The van der Waals surface area contributed by atoms with Gasteiger partial charge in [0.25, 0.3) is 0 Å². The van der Waals surface area contributed by atoms with Gasteiger partial charge in [0.15, 0.2) is 6.79 Å². The first kappa shape index (κ1) is 17.5. The van der Waals surface area contributed by atoms with Crippen molar-refractivity contribution in [1.29, 1.82) is 0 Å². The van der Waals surface area contributed by atoms with Crippen LogP contribution >= 0.6 is 7.60 Å². The van der Waals surface area contributed by atoms with Gasteiger partial charge >= 0.3 is 7.60 Å². The SMILES string of the molecule is CCOP(=O)(O)Cc1ccc(Oc2ccc(OCO)cc2)cc1. The summed E-state index contributed by atoms with van der Waals surface area (Å²) in [6.45, 7) is 1.50. The Morgan fingerprint density at radius 2 is 1.48 bits per heavy atom. The van der Waals surface area contributed by atoms with Crippen molar-refractivity contribution in [2.45, 2.75) is 13.1 Å². The zero-order valence-electron chi connectivity index (χ0n) is 12.7. The summed E-state index contributed by atoms with van der Waals surface area (Å²) in [6.07, 6.45) is -0.0334. The Kier molecular flexibility index (Phi) is 6.19. The van der Waals surface area contributed by atoms with E-state index in [4.69, 9.17) is 19.1 Å². The van der Waals surface area contributed by atoms with Gasteiger partial charge in [-0.15, -0.1) is 0 Å². The van der Waals surface area contributed by atoms with Crippen LogP contribution in [0.5, 0.6) is 17.2 Å². The molecule has 2 rings (SSSR count). The normalized spacial score (nSPS) is 13.3. The van der Waals surface area contributed by atoms with Gasteiger partial charge < -0.3 is 24.0 Å². The summed E-state index contributed by atoms with van der Waals surface area (Å²) >= 11 is 0. The van der Waals surface area contributed by atoms with Gasteiger partial charge in [-0.3, -0.25) is 4.57 Å². The predicted octanol–water partition coefficient (Wildman–Crippen LogP) is 3.53. The molecular weight excluding hydrogens is 319 g/mol. The molecule has 23 heavy (non-hydrogen) atoms. The van der Waals surface area contributed by atoms with E-state index >= 15 is 0 Å². The monoisotopic (exact) mass is 338 g/mol. The lowest BCUT2D eigenvalue weighted by Crippen LogP contribution is -1.94. The van der Waals surface area contributed by atoms with E-state index in [0.717, 1.165) is 0 Å². The lowest BCUT2D eigenvalue weighted by molar-refractivity contribution is 0.0985. The van der Waals surface area contributed by atoms with Crippen LogP contribution in [-0.2, 0) is 15.3 Å². The highest BCUT2D eigenvalue weighted by Crippen LogP contribution is 2.45. The number of hydrogen-bond acceptors (Lipinski definition) is 5. The van der Waals surface area contributed by atoms with Gasteiger partial charge in [-0.25, -0.2) is 0 Å². The molecule has 0 aliphatic rings. The van der Waals surface area contributed by atoms with Gasteiger partial charge in [-0.2, -0.15) is 0 Å². The van der Waals surface area contributed by atoms with E-state index in [1.807, 2.05) is 0 Å². The van der Waals surface area contributed by atoms with Crippen LogP contribution in [0, 0.1) is 0 Å². The Morgan fingerprint density at radius 3 is 2.00 bits per heavy atom. The molecule has 0 aliphatic carbocycles. The largest absolute Gasteiger partial charge is 0.468 e. The van der Waals surface area contributed by atoms with Gasteiger partial charge in [0, 0.05) is 0 Å². The number of aliphatic hydroxyl groups excluding tert-OH is 1. The van der Waals surface area contributed by atoms with E-state index in [2.05, 4.69) is 0 Å². The van der Waals surface area contributed by atoms with Crippen LogP contribution in [0.1, 0.15) is 12.5 Å². The Morgan fingerprint density at radius 1 is 0.957 bits per heavy atom. The highest BCUT2D eigenvalue weighted by molar-refractivity contribution is 7.51. The number of hydrogen-bond donors (Lipinski definition) is 2. The van der Waals surface area contributed by atoms with Crippen LogP contribution in [0.15, 0.2) is 48.5 Å². The third kappa shape index (κ3) is 5.69. The van der Waals surface area contributed by atoms with Crippen LogP contribution in [-0.4, -0.2) is 23.4 Å². The highest BCUT2D eigenvalue weighted by atomic mass is 31.2. The van der Waals surface area contributed by atoms with Crippen molar-refractivity contribution >= 4 is 7.60 Å². The second-order valence-electron chi connectivity index (χ2n) is 4.70. The smallest absolute Gasteiger partial charge is 0.332 e. The first-order valence-electron chi connectivity index (χ1n) is 7.09. The first-order chi connectivity index (χ1) is 11.0. The minimum atomic E-state index is -3.58. The summed E-state index contributed by atoms with van der Waals surface area (Å²) in [5, 5.41) is 8.66. The van der Waals surface area contributed by atoms with Gasteiger partial charge in [0.1, 0.15) is 17.2 Å². The molecule has 1 atom stereocenters. The zero-order valence-corrected chi connectivity index (χ0v) is 13.6. The molecule has 0 radical (unpaired) electrons. The summed E-state index contributed by atoms with van der Waals surface area (Å²) in [5.41, 5.74) is 0.698. The third-order valence-corrected chi connectivity index (χ3v) is 4.35. The molecule has 0 spiro atoms. The van der Waals surface area contributed by atoms with Gasteiger partial charge in [0.2, 0.25) is 0 Å². The number of ether oxygens (including phenoxy) is 2. The van der Waals surface area contributed by atoms with Crippen LogP contribution in [0.25, 0.3) is 0 Å². The van der Waals surface area contributed by atoms with E-state index in [1.165, 1.54) is 0 Å². The minimum Gasteiger partial charge on any atom is -0.468 e. The van der Waals surface area contributed by atoms with Crippen molar-refractivity contribution in [2.24, 2.45) is 0 Å². The molecular formula is C16H19O6P. The molecule has 2 aromatic rings. The fourth-order valence-corrected chi connectivity index (χ4v) is 3.12. The number of benzene rings is 2. The Labute approximate surface area is 134 Å². The van der Waals surface area contributed by atoms with E-state index in [0.29, 0.717) is 22.8 Å². The molecule has 0 fully saturated rings. The van der Waals surface area contributed by atoms with Crippen molar-refractivity contribution in [2.75, 3.05) is 13.4 Å². The molecule has 0 saturated heterocycles. The second-order valence-corrected chi connectivity index (χ2v) is 6.55. The molecule has 0 bridgehead atoms. The van der Waals surface area contributed by atoms with Crippen molar-refractivity contribution in [3.63, 3.8) is 0 Å². The van der Waals surface area contributed by atoms with E-state index in [-0.39, 0.29) is 19.6 Å². The van der Waals surface area contributed by atoms with E-state index in [9.17, 15) is 9.46 Å². The van der Waals surface area contributed by atoms with Gasteiger partial charge in [-0.05, 0) is 48.9 Å². The van der Waals surface area contributed by atoms with Crippen molar-refractivity contribution in [1.82, 2.24) is 0 Å². The maximum Gasteiger partial charge on any atom is 0.332 e. The standard InChI is InChI=1S/C16H19O6P/c1-2-21-23(18,19)11-13-3-5-15(6-4-13)22-16-9-7-14(8-10-16)20-12-17/h3-10,17H,2,11-12H2,1H3,(H,18,19). The molecule has 0 aromatic heterocycles. The fraction of sp³-hybridized carbons (Fsp3) is 0.250. The predicted molar refractivity (Wildman–Crippen MR) is 85.8 cm³/mol. The molecule has 6 nitrogen and oxygen atoms in total. The summed E-state index contributed by atoms with van der Waals surface area (Å²) in [7, 11) is -3.58. The quantitative estimate of drug-likeness (QED) is 0.566. The average molecular weight is 338 g/mol. The molecule has 0 amide bonds. The van der Waals surface area contributed by atoms with Gasteiger partial charge in [0.05, 0.1) is 12.8 Å². The Balaban J connectivity index is 1.98. The van der Waals surface area contributed by atoms with Crippen LogP contribution in [0.2, 0.25) is 0 Å². The molecule has 124 valence electrons. The molecule has 7 heteroatoms. The van der Waals surface area contributed by atoms with Gasteiger partial charge in [-0.1, -0.05) is 12.1 Å². The minimum absolute atomic E-state index is 0.0334. The lowest BCUT2D eigenvalue weighted by atomic mass is 10.2. The summed E-state index contributed by atoms with van der Waals surface area (Å²) in [4.78, 5) is 9.61. The third-order valence-electron chi connectivity index (χ3n) is 2.93. The summed E-state index contributed by atoms with van der Waals surface area (Å²) in [6, 6.07) is 13.7. The van der Waals surface area contributed by atoms with E-state index in [1.54, 1.807) is 55.5 Å². The van der Waals surface area contributed by atoms with Crippen molar-refractivity contribution in [3.8, 4) is 17.2 Å². The maximum absolute atomic E-state index is 11.7. The van der Waals surface area contributed by atoms with Crippen LogP contribution in [0.3, 0.4) is 0 Å². The fourth-order valence-electron chi connectivity index (χ4n) is 1.96. The Bertz CT molecular complexity index is 653. The number of rotatable bonds is 8. The molecule has 2 aromatic carbocycles. The van der Waals surface area contributed by atoms with Crippen molar-refractivity contribution < 1.29 is 28.6 Å². The molecule has 2 N–H and O–H groups in total. The first-order valence-corrected chi connectivity index (χ1v) is 8.85. The van der Waals surface area contributed by atoms with Crippen LogP contribution in [0.4, 0.5) is 0 Å².